The molecule has 2 aliphatic rings. The minimum Gasteiger partial charge on any atom is -0.488 e. The van der Waals surface area contributed by atoms with Crippen molar-refractivity contribution in [3.8, 4) is 5.75 Å². The van der Waals surface area contributed by atoms with Crippen molar-refractivity contribution in [3.63, 3.8) is 0 Å². The van der Waals surface area contributed by atoms with Crippen LogP contribution in [0.4, 0.5) is 0 Å². The van der Waals surface area contributed by atoms with Crippen LogP contribution in [0.15, 0.2) is 22.7 Å². The summed E-state index contributed by atoms with van der Waals surface area (Å²) < 4.78 is 7.16. The SMILES string of the molecule is CC1(C)CCCC(NCC2Cc3cc(Br)ccc3O2)C1. The zero-order valence-corrected chi connectivity index (χ0v) is 14.0. The van der Waals surface area contributed by atoms with Gasteiger partial charge in [-0.2, -0.15) is 0 Å². The number of halogens is 1. The van der Waals surface area contributed by atoms with E-state index in [-0.39, 0.29) is 0 Å². The van der Waals surface area contributed by atoms with E-state index in [0.29, 0.717) is 17.6 Å². The Labute approximate surface area is 130 Å². The fourth-order valence-corrected chi connectivity index (χ4v) is 3.98. The van der Waals surface area contributed by atoms with Crippen LogP contribution in [-0.4, -0.2) is 18.7 Å². The van der Waals surface area contributed by atoms with Crippen molar-refractivity contribution in [1.29, 1.82) is 0 Å². The molecule has 1 aliphatic heterocycles. The molecule has 110 valence electrons. The summed E-state index contributed by atoms with van der Waals surface area (Å²) in [6.45, 7) is 5.74. The molecule has 0 radical (unpaired) electrons. The number of ether oxygens (including phenoxy) is 1. The summed E-state index contributed by atoms with van der Waals surface area (Å²) in [6, 6.07) is 6.97. The average Bonchev–Trinajstić information content (AvgIpc) is 2.77. The maximum absolute atomic E-state index is 6.02. The van der Waals surface area contributed by atoms with Crippen LogP contribution >= 0.6 is 15.9 Å². The molecule has 2 unspecified atom stereocenters. The first kappa shape index (κ1) is 14.4. The topological polar surface area (TPSA) is 21.3 Å². The first-order valence-electron chi connectivity index (χ1n) is 7.70. The quantitative estimate of drug-likeness (QED) is 0.887. The van der Waals surface area contributed by atoms with Gasteiger partial charge < -0.3 is 10.1 Å². The number of hydrogen-bond donors (Lipinski definition) is 1. The molecule has 1 aromatic carbocycles. The van der Waals surface area contributed by atoms with E-state index in [2.05, 4.69) is 53.3 Å². The Morgan fingerprint density at radius 1 is 1.40 bits per heavy atom. The van der Waals surface area contributed by atoms with Crippen LogP contribution in [0.5, 0.6) is 5.75 Å². The summed E-state index contributed by atoms with van der Waals surface area (Å²) in [5, 5.41) is 3.73. The average molecular weight is 338 g/mol. The second-order valence-corrected chi connectivity index (χ2v) is 7.98. The van der Waals surface area contributed by atoms with Crippen LogP contribution < -0.4 is 10.1 Å². The van der Waals surface area contributed by atoms with Crippen LogP contribution in [0, 0.1) is 5.41 Å². The Bertz CT molecular complexity index is 486. The maximum atomic E-state index is 6.02. The smallest absolute Gasteiger partial charge is 0.123 e. The summed E-state index contributed by atoms with van der Waals surface area (Å²) in [5.74, 6) is 1.06. The molecule has 0 amide bonds. The van der Waals surface area contributed by atoms with E-state index in [1.54, 1.807) is 0 Å². The maximum Gasteiger partial charge on any atom is 0.123 e. The number of rotatable bonds is 3. The minimum absolute atomic E-state index is 0.296. The predicted molar refractivity (Wildman–Crippen MR) is 86.3 cm³/mol. The van der Waals surface area contributed by atoms with E-state index >= 15 is 0 Å². The highest BCUT2D eigenvalue weighted by molar-refractivity contribution is 9.10. The second-order valence-electron chi connectivity index (χ2n) is 7.06. The first-order chi connectivity index (χ1) is 9.52. The number of fused-ring (bicyclic) bond motifs is 1. The highest BCUT2D eigenvalue weighted by atomic mass is 79.9. The largest absolute Gasteiger partial charge is 0.488 e. The van der Waals surface area contributed by atoms with Gasteiger partial charge in [0.1, 0.15) is 11.9 Å². The Hall–Kier alpha value is -0.540. The molecule has 2 atom stereocenters. The highest BCUT2D eigenvalue weighted by Crippen LogP contribution is 2.35. The zero-order chi connectivity index (χ0) is 14.2. The molecule has 3 heteroatoms. The lowest BCUT2D eigenvalue weighted by molar-refractivity contribution is 0.173. The van der Waals surface area contributed by atoms with Crippen molar-refractivity contribution in [2.45, 2.75) is 58.1 Å². The van der Waals surface area contributed by atoms with E-state index < -0.39 is 0 Å². The summed E-state index contributed by atoms with van der Waals surface area (Å²) in [7, 11) is 0. The lowest BCUT2D eigenvalue weighted by Gasteiger charge is -2.36. The lowest BCUT2D eigenvalue weighted by atomic mass is 9.75. The molecule has 3 rings (SSSR count). The Balaban J connectivity index is 1.51. The number of hydrogen-bond acceptors (Lipinski definition) is 2. The minimum atomic E-state index is 0.296. The molecule has 1 aliphatic carbocycles. The van der Waals surface area contributed by atoms with Crippen molar-refractivity contribution in [2.24, 2.45) is 5.41 Å². The van der Waals surface area contributed by atoms with Gasteiger partial charge in [-0.15, -0.1) is 0 Å². The standard InChI is InChI=1S/C17H24BrNO/c1-17(2)7-3-4-14(10-17)19-11-15-9-12-8-13(18)5-6-16(12)20-15/h5-6,8,14-15,19H,3-4,7,9-11H2,1-2H3. The summed E-state index contributed by atoms with van der Waals surface area (Å²) in [4.78, 5) is 0. The third kappa shape index (κ3) is 3.37. The van der Waals surface area contributed by atoms with E-state index in [4.69, 9.17) is 4.74 Å². The van der Waals surface area contributed by atoms with Crippen LogP contribution in [0.3, 0.4) is 0 Å². The molecule has 0 bridgehead atoms. The molecule has 2 nitrogen and oxygen atoms in total. The van der Waals surface area contributed by atoms with E-state index in [0.717, 1.165) is 23.2 Å². The van der Waals surface area contributed by atoms with Crippen LogP contribution in [0.25, 0.3) is 0 Å². The van der Waals surface area contributed by atoms with Crippen LogP contribution in [-0.2, 0) is 6.42 Å². The molecule has 1 aromatic rings. The predicted octanol–water partition coefficient (Wildman–Crippen LogP) is 4.31. The molecule has 1 N–H and O–H groups in total. The van der Waals surface area contributed by atoms with Gasteiger partial charge in [0, 0.05) is 23.5 Å². The monoisotopic (exact) mass is 337 g/mol. The lowest BCUT2D eigenvalue weighted by Crippen LogP contribution is -2.41. The van der Waals surface area contributed by atoms with Gasteiger partial charge in [-0.1, -0.05) is 36.2 Å². The molecular weight excluding hydrogens is 314 g/mol. The molecule has 0 aromatic heterocycles. The number of nitrogens with one attached hydrogen (secondary N) is 1. The van der Waals surface area contributed by atoms with Crippen LogP contribution in [0.1, 0.15) is 45.1 Å². The van der Waals surface area contributed by atoms with Gasteiger partial charge in [0.15, 0.2) is 0 Å². The highest BCUT2D eigenvalue weighted by Gasteiger charge is 2.29. The Kier molecular flexibility index (Phi) is 4.09. The van der Waals surface area contributed by atoms with E-state index in [1.807, 2.05) is 0 Å². The van der Waals surface area contributed by atoms with E-state index in [9.17, 15) is 0 Å². The van der Waals surface area contributed by atoms with Crippen molar-refractivity contribution in [1.82, 2.24) is 5.32 Å². The molecule has 0 saturated heterocycles. The molecule has 1 fully saturated rings. The van der Waals surface area contributed by atoms with Crippen molar-refractivity contribution in [3.05, 3.63) is 28.2 Å². The molecule has 20 heavy (non-hydrogen) atoms. The van der Waals surface area contributed by atoms with Crippen molar-refractivity contribution >= 4 is 15.9 Å². The summed E-state index contributed by atoms with van der Waals surface area (Å²) in [5.41, 5.74) is 1.83. The van der Waals surface area contributed by atoms with Gasteiger partial charge >= 0.3 is 0 Å². The van der Waals surface area contributed by atoms with Gasteiger partial charge in [-0.3, -0.25) is 0 Å². The van der Waals surface area contributed by atoms with Gasteiger partial charge in [0.05, 0.1) is 0 Å². The summed E-state index contributed by atoms with van der Waals surface area (Å²) >= 11 is 3.53. The third-order valence-corrected chi connectivity index (χ3v) is 5.10. The molecule has 0 spiro atoms. The van der Waals surface area contributed by atoms with E-state index in [1.165, 1.54) is 31.2 Å². The zero-order valence-electron chi connectivity index (χ0n) is 12.4. The fourth-order valence-electron chi connectivity index (χ4n) is 3.57. The van der Waals surface area contributed by atoms with Gasteiger partial charge in [0.25, 0.3) is 0 Å². The Morgan fingerprint density at radius 2 is 2.25 bits per heavy atom. The first-order valence-corrected chi connectivity index (χ1v) is 8.50. The van der Waals surface area contributed by atoms with Gasteiger partial charge in [-0.25, -0.2) is 0 Å². The number of benzene rings is 1. The van der Waals surface area contributed by atoms with Crippen molar-refractivity contribution < 1.29 is 4.74 Å². The molecular formula is C17H24BrNO. The molecule has 1 heterocycles. The van der Waals surface area contributed by atoms with Crippen LogP contribution in [0.2, 0.25) is 0 Å². The second kappa shape index (κ2) is 5.69. The van der Waals surface area contributed by atoms with Gasteiger partial charge in [-0.05, 0) is 48.4 Å². The Morgan fingerprint density at radius 3 is 3.05 bits per heavy atom. The molecule has 1 saturated carbocycles. The van der Waals surface area contributed by atoms with Crippen molar-refractivity contribution in [2.75, 3.05) is 6.54 Å². The third-order valence-electron chi connectivity index (χ3n) is 4.60. The normalized spacial score (nSPS) is 27.9. The van der Waals surface area contributed by atoms with Gasteiger partial charge in [0.2, 0.25) is 0 Å². The summed E-state index contributed by atoms with van der Waals surface area (Å²) in [6.07, 6.45) is 6.64. The fraction of sp³-hybridized carbons (Fsp3) is 0.647.